The molecule has 7 aliphatic rings. The van der Waals surface area contributed by atoms with E-state index in [0.717, 1.165) is 81.9 Å². The molecule has 0 bridgehead atoms. The Balaban J connectivity index is 0.736. The Bertz CT molecular complexity index is 6140. The van der Waals surface area contributed by atoms with Gasteiger partial charge in [0.25, 0.3) is 0 Å². The van der Waals surface area contributed by atoms with Crippen LogP contribution in [0.4, 0.5) is 11.4 Å². The van der Waals surface area contributed by atoms with Gasteiger partial charge in [0, 0.05) is 108 Å². The van der Waals surface area contributed by atoms with Crippen molar-refractivity contribution in [1.29, 1.82) is 5.41 Å². The number of aromatic hydroxyl groups is 2. The average Bonchev–Trinajstić information content (AvgIpc) is 1.35. The third-order valence-corrected chi connectivity index (χ3v) is 29.2. The van der Waals surface area contributed by atoms with Gasteiger partial charge in [-0.05, 0) is 124 Å². The van der Waals surface area contributed by atoms with E-state index in [2.05, 4.69) is 80.1 Å². The number of hydrogen-bond acceptors (Lipinski definition) is 28. The van der Waals surface area contributed by atoms with Gasteiger partial charge in [-0.2, -0.15) is 4.58 Å². The van der Waals surface area contributed by atoms with Crippen molar-refractivity contribution in [2.75, 3.05) is 76.0 Å². The van der Waals surface area contributed by atoms with Crippen LogP contribution in [0.3, 0.4) is 0 Å². The highest BCUT2D eigenvalue weighted by Crippen LogP contribution is 2.55. The highest BCUT2D eigenvalue weighted by Gasteiger charge is 2.53. The Kier molecular flexibility index (Phi) is 34.3. The molecule has 13 rings (SSSR count). The predicted octanol–water partition coefficient (Wildman–Crippen LogP) is 3.03. The van der Waals surface area contributed by atoms with Crippen molar-refractivity contribution in [3.63, 3.8) is 0 Å². The molecule has 6 aromatic carbocycles. The van der Waals surface area contributed by atoms with Crippen molar-refractivity contribution in [3.8, 4) is 17.2 Å². The van der Waals surface area contributed by atoms with Crippen LogP contribution >= 0.6 is 21.6 Å². The predicted molar refractivity (Wildman–Crippen MR) is 525 cm³/mol. The van der Waals surface area contributed by atoms with Crippen LogP contribution in [0.5, 0.6) is 17.2 Å². The van der Waals surface area contributed by atoms with Crippen molar-refractivity contribution in [2.24, 2.45) is 11.5 Å². The molecule has 0 saturated carbocycles. The number of methoxy groups -OCH3 is 1. The van der Waals surface area contributed by atoms with E-state index in [1.807, 2.05) is 120 Å². The van der Waals surface area contributed by atoms with E-state index >= 15 is 0 Å². The van der Waals surface area contributed by atoms with Crippen molar-refractivity contribution in [2.45, 2.75) is 207 Å². The molecule has 0 unspecified atom stereocenters. The van der Waals surface area contributed by atoms with Gasteiger partial charge in [0.05, 0.1) is 73.5 Å². The van der Waals surface area contributed by atoms with Gasteiger partial charge >= 0.3 is 11.9 Å². The van der Waals surface area contributed by atoms with E-state index in [-0.39, 0.29) is 124 Å². The maximum atomic E-state index is 14.8. The van der Waals surface area contributed by atoms with E-state index in [4.69, 9.17) is 31.1 Å². The number of guanidine groups is 1. The number of ketones is 3. The molecule has 142 heavy (non-hydrogen) atoms. The number of unbranched alkanes of at least 4 members (excludes halogenated alkanes) is 1. The molecule has 0 radical (unpaired) electrons. The number of Topliss-reactive ketones (excluding diaryl/α,β-unsaturated/α-hetero) is 1. The Hall–Kier alpha value is -13.5. The summed E-state index contributed by atoms with van der Waals surface area (Å²) in [5.74, 6) is -16.6. The molecule has 2 aliphatic carbocycles. The second kappa shape index (κ2) is 46.1. The quantitative estimate of drug-likeness (QED) is 0.00565. The van der Waals surface area contributed by atoms with Crippen LogP contribution in [0.25, 0.3) is 21.5 Å². The lowest BCUT2D eigenvalue weighted by atomic mass is 9.72. The van der Waals surface area contributed by atoms with Gasteiger partial charge in [-0.3, -0.25) is 67.7 Å². The zero-order valence-electron chi connectivity index (χ0n) is 79.2. The summed E-state index contributed by atoms with van der Waals surface area (Å²) in [7, 11) is 3.20. The van der Waals surface area contributed by atoms with E-state index in [9.17, 15) is 108 Å². The first-order chi connectivity index (χ1) is 67.7. The standard InChI is InChI=1S/C100H119N15O25S2/c1-52-85(124)61(44-78(139-52)140-70-46-100(137,73(118)49-117)45-58-80(70)89(128)82-81(87(58)126)86(125)57-25-18-29-69(138-6)79(57)88(82)127)107-74(119)36-41-113-66-34-32-53-21-12-14-23-55(53)83(66)98(2,3)71(113)30-10-8-7-9-11-31-72-99(4,5)84-56-24-15-13-22-54(56)33-35-67(84)114(72)42-37-75(120)108-64-50-141-142-51-65(93(132)109-60(96(135)136)26-16-17-38-101)112-94(133)68-28-20-40-115(68)95(134)63(48-116)111-92(131)62(43-77(122)123)110-91(130)59(27-19-39-104-97(102)103)106-76(121)47-105-90(64)129/h7-15,18,21-25,29-35,52,59-65,68,70,78,85,116-117,124,137H,16-17,19-20,26-28,36-51,101H2,1-6H3,(H15-,102,103,104,105,106,107,108,109,110,111,112,119,120,121,122,123,125,126,127,128,129,130,131,132,133,135,136)/p+1/t52-,59-,60-,61-,62-,63-,64+,65-,68-,70-,78-,85+,100-/m0/s1. The summed E-state index contributed by atoms with van der Waals surface area (Å²) in [6.45, 7) is 7.09. The zero-order valence-corrected chi connectivity index (χ0v) is 80.9. The SMILES string of the molecule is COc1cccc2c1C(=O)c1c(O)c3c(c(O)c1C2=O)C[C@@](O)(C(=O)CO)C[C@@H]3O[C@H]1C[C@H](NC(=O)CC[N+]2=C(/C=C/C=C/C=C/C=C3/N(CCC(=O)N[C@@H]4CSSC[C@@H](C(=O)N[C@@H](CCCCN)C(=O)O)NC(=O)[C@@H]5CCCN5C(=O)[C@H](CO)NC(=O)[C@H](CC(=O)O)NC(=O)[C@H](CCCNC(=N)N)NC(=O)CNC4=O)c4ccc5ccccc5c4C3(C)C)C(C)(C)c3c2ccc2ccccc32)[C@H](O)[C@H](C)O1. The summed E-state index contributed by atoms with van der Waals surface area (Å²) in [5.41, 5.74) is 10.6. The Morgan fingerprint density at radius 2 is 1.42 bits per heavy atom. The van der Waals surface area contributed by atoms with Crippen LogP contribution in [-0.4, -0.2) is 288 Å². The largest absolute Gasteiger partial charge is 0.507 e. The molecular weight excluding hydrogens is 1880 g/mol. The van der Waals surface area contributed by atoms with Gasteiger partial charge in [0.2, 0.25) is 64.6 Å². The topological polar surface area (TPSA) is 622 Å². The molecule has 6 aromatic rings. The number of nitrogens with one attached hydrogen (secondary N) is 10. The molecule has 5 aliphatic heterocycles. The molecule has 13 atom stereocenters. The first kappa shape index (κ1) is 106. The summed E-state index contributed by atoms with van der Waals surface area (Å²) >= 11 is 0. The number of nitrogens with two attached hydrogens (primary N) is 2. The second-order valence-electron chi connectivity index (χ2n) is 37.0. The van der Waals surface area contributed by atoms with Crippen LogP contribution in [0, 0.1) is 5.41 Å². The monoisotopic (exact) mass is 1990 g/mol. The van der Waals surface area contributed by atoms with Crippen LogP contribution in [-0.2, 0) is 84.3 Å². The number of amides is 9. The normalized spacial score (nSPS) is 24.3. The number of nitrogens with zero attached hydrogens (tertiary/aromatic N) is 3. The number of carbonyl (C=O) groups is 14. The van der Waals surface area contributed by atoms with Crippen LogP contribution in [0.15, 0.2) is 139 Å². The number of benzene rings is 6. The average molecular weight is 2000 g/mol. The van der Waals surface area contributed by atoms with E-state index in [1.165, 1.54) is 32.2 Å². The number of carboxylic acid groups (broad SMARTS) is 2. The van der Waals surface area contributed by atoms with Gasteiger partial charge in [-0.25, -0.2) is 4.79 Å². The highest BCUT2D eigenvalue weighted by atomic mass is 33.1. The minimum atomic E-state index is -2.45. The molecule has 22 N–H and O–H groups in total. The number of carboxylic acids is 2. The fraction of sp³-hybridized carbons (Fsp3) is 0.440. The Labute approximate surface area is 825 Å². The number of anilines is 1. The minimum Gasteiger partial charge on any atom is -0.507 e. The van der Waals surface area contributed by atoms with Gasteiger partial charge < -0.3 is 124 Å². The number of aliphatic carboxylic acids is 2. The fourth-order valence-corrected chi connectivity index (χ4v) is 22.0. The van der Waals surface area contributed by atoms with E-state index < -0.39 is 239 Å². The Morgan fingerprint density at radius 3 is 2.11 bits per heavy atom. The van der Waals surface area contributed by atoms with Gasteiger partial charge in [-0.15, -0.1) is 0 Å². The van der Waals surface area contributed by atoms with Crippen LogP contribution in [0.1, 0.15) is 172 Å². The smallest absolute Gasteiger partial charge is 0.326 e. The molecule has 40 nitrogen and oxygen atoms in total. The van der Waals surface area contributed by atoms with Crippen molar-refractivity contribution >= 4 is 149 Å². The van der Waals surface area contributed by atoms with Gasteiger partial charge in [0.1, 0.15) is 77.9 Å². The van der Waals surface area contributed by atoms with Crippen LogP contribution < -0.4 is 69.0 Å². The maximum Gasteiger partial charge on any atom is 0.326 e. The Morgan fingerprint density at radius 1 is 0.739 bits per heavy atom. The molecule has 0 aromatic heterocycles. The van der Waals surface area contributed by atoms with Crippen molar-refractivity contribution < 1.29 is 127 Å². The molecule has 42 heteroatoms. The summed E-state index contributed by atoms with van der Waals surface area (Å²) in [5, 5.41) is 123. The lowest BCUT2D eigenvalue weighted by molar-refractivity contribution is -0.436. The van der Waals surface area contributed by atoms with E-state index in [0.29, 0.717) is 12.8 Å². The molecule has 3 fully saturated rings. The maximum absolute atomic E-state index is 14.8. The number of carbonyl (C=O) groups excluding carboxylic acids is 12. The third kappa shape index (κ3) is 23.3. The number of fused-ring (bicyclic) bond motifs is 10. The summed E-state index contributed by atoms with van der Waals surface area (Å²) < 4.78 is 20.2. The number of aliphatic hydroxyl groups excluding tert-OH is 3. The summed E-state index contributed by atoms with van der Waals surface area (Å²) in [4.78, 5) is 199. The molecule has 3 saturated heterocycles. The first-order valence-electron chi connectivity index (χ1n) is 46.9. The number of aliphatic hydroxyl groups is 4. The third-order valence-electron chi connectivity index (χ3n) is 26.8. The molecular formula is C100H120N15O25S2+. The highest BCUT2D eigenvalue weighted by molar-refractivity contribution is 8.76. The fourth-order valence-electron chi connectivity index (χ4n) is 19.7. The second-order valence-corrected chi connectivity index (χ2v) is 39.6. The van der Waals surface area contributed by atoms with Crippen molar-refractivity contribution in [3.05, 3.63) is 184 Å². The lowest BCUT2D eigenvalue weighted by Gasteiger charge is -2.43. The van der Waals surface area contributed by atoms with Crippen LogP contribution in [0.2, 0.25) is 0 Å². The van der Waals surface area contributed by atoms with Gasteiger partial charge in [0.15, 0.2) is 36.1 Å². The summed E-state index contributed by atoms with van der Waals surface area (Å²) in [6.07, 6.45) is 5.58. The minimum absolute atomic E-state index is 0.00358. The zero-order chi connectivity index (χ0) is 103. The molecule has 756 valence electrons. The lowest BCUT2D eigenvalue weighted by Crippen LogP contribution is -2.60. The first-order valence-corrected chi connectivity index (χ1v) is 49.4. The molecule has 9 amide bonds. The summed E-state index contributed by atoms with van der Waals surface area (Å²) in [6, 6.07) is 15.9. The molecule has 0 spiro atoms. The number of allylic oxidation sites excluding steroid dienone is 8. The number of hydrogen-bond donors (Lipinski definition) is 20. The molecule has 5 heterocycles. The van der Waals surface area contributed by atoms with Gasteiger partial charge in [-0.1, -0.05) is 133 Å². The number of phenols is 2. The number of rotatable bonds is 31. The number of ether oxygens (including phenoxy) is 3. The van der Waals surface area contributed by atoms with Crippen molar-refractivity contribution in [1.82, 2.24) is 52.8 Å². The van der Waals surface area contributed by atoms with E-state index in [1.54, 1.807) is 0 Å². The number of phenolic OH excluding ortho intramolecular Hbond substituents is 2.